The lowest BCUT2D eigenvalue weighted by atomic mass is 9.90. The maximum absolute atomic E-state index is 13.7. The van der Waals surface area contributed by atoms with Crippen molar-refractivity contribution in [3.63, 3.8) is 0 Å². The van der Waals surface area contributed by atoms with Gasteiger partial charge in [0.05, 0.1) is 48.0 Å². The van der Waals surface area contributed by atoms with Crippen LogP contribution in [0.2, 0.25) is 0 Å². The van der Waals surface area contributed by atoms with Gasteiger partial charge in [-0.3, -0.25) is 19.2 Å². The van der Waals surface area contributed by atoms with E-state index in [1.165, 1.54) is 24.3 Å². The van der Waals surface area contributed by atoms with Gasteiger partial charge in [-0.1, -0.05) is 40.5 Å². The molecule has 6 N–H and O–H groups in total. The molecule has 6 rings (SSSR count). The summed E-state index contributed by atoms with van der Waals surface area (Å²) in [6.45, 7) is 11.5. The number of likely N-dealkylation sites (tertiary alicyclic amines) is 2. The highest BCUT2D eigenvalue weighted by Crippen LogP contribution is 2.30. The molecule has 2 aromatic carbocycles. The summed E-state index contributed by atoms with van der Waals surface area (Å²) >= 11 is 0. The lowest BCUT2D eigenvalue weighted by Crippen LogP contribution is -2.54. The highest BCUT2D eigenvalue weighted by atomic mass is 19.1. The fourth-order valence-corrected chi connectivity index (χ4v) is 9.90. The standard InChI is InChI=1S/2C24H35F2N3O3/c2*1-3-5-9-29-14-19(18(4-2)24(29)32)23(31)28-21(22(30)20-7-6-8-27-20)12-15-10-16(25)13-17(26)11-15/h2*10-11,13,18-22,27,30H,3-9,12,14H2,1-2H3,(H,28,31)/t18-,19?,20+,21-,22+;18-,19+,20-,21+,22-/m01/s1. The lowest BCUT2D eigenvalue weighted by Gasteiger charge is -2.30. The summed E-state index contributed by atoms with van der Waals surface area (Å²) in [5.41, 5.74) is 0.730. The van der Waals surface area contributed by atoms with Gasteiger partial charge in [-0.05, 0) is 113 Å². The summed E-state index contributed by atoms with van der Waals surface area (Å²) in [6.07, 6.45) is 6.52. The van der Waals surface area contributed by atoms with Gasteiger partial charge < -0.3 is 41.3 Å². The Morgan fingerprint density at radius 3 is 1.30 bits per heavy atom. The zero-order chi connectivity index (χ0) is 46.5. The van der Waals surface area contributed by atoms with Crippen LogP contribution in [0.3, 0.4) is 0 Å². The second-order valence-electron chi connectivity index (χ2n) is 18.1. The molecule has 4 amide bonds. The third kappa shape index (κ3) is 13.5. The first kappa shape index (κ1) is 50.9. The lowest BCUT2D eigenvalue weighted by molar-refractivity contribution is -0.134. The number of benzene rings is 2. The van der Waals surface area contributed by atoms with Gasteiger partial charge in [0, 0.05) is 50.4 Å². The fraction of sp³-hybridized carbons (Fsp3) is 0.667. The molecule has 0 spiro atoms. The summed E-state index contributed by atoms with van der Waals surface area (Å²) in [5.74, 6) is -5.14. The van der Waals surface area contributed by atoms with E-state index in [9.17, 15) is 47.0 Å². The number of carbonyl (C=O) groups is 4. The van der Waals surface area contributed by atoms with Crippen molar-refractivity contribution in [3.05, 3.63) is 70.8 Å². The molecule has 0 radical (unpaired) electrons. The SMILES string of the molecule is CCCCN1CC(C(=O)N[C@@H](Cc2cc(F)cc(F)c2)[C@H](O)[C@H]2CCCN2)[C@H](CC)C1=O.CCCCN1C[C@H](C(=O)N[C@@H](Cc2cc(F)cc(F)c2)[C@H](O)[C@H]2CCCN2)[C@@H](CC)C1=O. The first-order valence-corrected chi connectivity index (χ1v) is 23.6. The molecule has 1 unspecified atom stereocenters. The Morgan fingerprint density at radius 1 is 0.641 bits per heavy atom. The second kappa shape index (κ2) is 24.4. The van der Waals surface area contributed by atoms with Crippen LogP contribution >= 0.6 is 0 Å². The van der Waals surface area contributed by atoms with E-state index in [0.717, 1.165) is 76.6 Å². The van der Waals surface area contributed by atoms with Crippen LogP contribution in [0, 0.1) is 46.9 Å². The van der Waals surface area contributed by atoms with E-state index in [4.69, 9.17) is 0 Å². The Morgan fingerprint density at radius 2 is 1.00 bits per heavy atom. The van der Waals surface area contributed by atoms with Crippen molar-refractivity contribution < 1.29 is 47.0 Å². The Balaban J connectivity index is 0.000000241. The van der Waals surface area contributed by atoms with Gasteiger partial charge in [0.25, 0.3) is 0 Å². The molecule has 356 valence electrons. The summed E-state index contributed by atoms with van der Waals surface area (Å²) in [7, 11) is 0. The first-order chi connectivity index (χ1) is 30.7. The minimum Gasteiger partial charge on any atom is -0.389 e. The third-order valence-electron chi connectivity index (χ3n) is 13.4. The highest BCUT2D eigenvalue weighted by Gasteiger charge is 2.45. The van der Waals surface area contributed by atoms with Crippen LogP contribution in [0.15, 0.2) is 36.4 Å². The number of hydrogen-bond acceptors (Lipinski definition) is 8. The molecule has 0 bridgehead atoms. The van der Waals surface area contributed by atoms with Crippen molar-refractivity contribution in [2.75, 3.05) is 39.3 Å². The number of halogens is 4. The number of aliphatic hydroxyl groups is 2. The number of rotatable bonds is 20. The molecule has 0 aromatic heterocycles. The number of nitrogens with one attached hydrogen (secondary N) is 4. The zero-order valence-electron chi connectivity index (χ0n) is 37.9. The Bertz CT molecular complexity index is 1690. The van der Waals surface area contributed by atoms with Crippen molar-refractivity contribution in [2.45, 2.75) is 141 Å². The minimum absolute atomic E-state index is 0.00265. The second-order valence-corrected chi connectivity index (χ2v) is 18.1. The van der Waals surface area contributed by atoms with E-state index in [-0.39, 0.29) is 60.4 Å². The van der Waals surface area contributed by atoms with Gasteiger partial charge in [0.1, 0.15) is 23.3 Å². The number of carbonyl (C=O) groups excluding carboxylic acids is 4. The smallest absolute Gasteiger partial charge is 0.226 e. The summed E-state index contributed by atoms with van der Waals surface area (Å²) in [5, 5.41) is 34.3. The topological polar surface area (TPSA) is 163 Å². The summed E-state index contributed by atoms with van der Waals surface area (Å²) in [6, 6.07) is 4.62. The largest absolute Gasteiger partial charge is 0.389 e. The van der Waals surface area contributed by atoms with Crippen LogP contribution < -0.4 is 21.3 Å². The minimum atomic E-state index is -0.916. The molecular weight excluding hydrogens is 833 g/mol. The summed E-state index contributed by atoms with van der Waals surface area (Å²) < 4.78 is 54.9. The molecule has 10 atom stereocenters. The van der Waals surface area contributed by atoms with Gasteiger partial charge >= 0.3 is 0 Å². The normalized spacial score (nSPS) is 25.2. The molecule has 0 aliphatic carbocycles. The van der Waals surface area contributed by atoms with Crippen molar-refractivity contribution >= 4 is 23.6 Å². The van der Waals surface area contributed by atoms with E-state index in [1.54, 1.807) is 9.80 Å². The van der Waals surface area contributed by atoms with Crippen LogP contribution in [0.4, 0.5) is 17.6 Å². The third-order valence-corrected chi connectivity index (χ3v) is 13.4. The Hall–Kier alpha value is -4.12. The predicted molar refractivity (Wildman–Crippen MR) is 236 cm³/mol. The van der Waals surface area contributed by atoms with E-state index in [1.807, 2.05) is 13.8 Å². The van der Waals surface area contributed by atoms with E-state index in [0.29, 0.717) is 50.1 Å². The molecule has 4 aliphatic rings. The van der Waals surface area contributed by atoms with E-state index in [2.05, 4.69) is 35.1 Å². The van der Waals surface area contributed by atoms with Crippen molar-refractivity contribution in [1.82, 2.24) is 31.1 Å². The predicted octanol–water partition coefficient (Wildman–Crippen LogP) is 4.78. The van der Waals surface area contributed by atoms with E-state index < -0.39 is 59.4 Å². The molecule has 64 heavy (non-hydrogen) atoms. The van der Waals surface area contributed by atoms with Crippen LogP contribution in [0.25, 0.3) is 0 Å². The number of amides is 4. The molecule has 4 saturated heterocycles. The molecule has 4 fully saturated rings. The molecule has 4 heterocycles. The number of unbranched alkanes of at least 4 members (excludes halogenated alkanes) is 2. The Kier molecular flexibility index (Phi) is 19.4. The first-order valence-electron chi connectivity index (χ1n) is 23.6. The van der Waals surface area contributed by atoms with Gasteiger partial charge in [-0.25, -0.2) is 17.6 Å². The van der Waals surface area contributed by atoms with Crippen molar-refractivity contribution in [3.8, 4) is 0 Å². The number of nitrogens with zero attached hydrogens (tertiary/aromatic N) is 2. The zero-order valence-corrected chi connectivity index (χ0v) is 37.9. The van der Waals surface area contributed by atoms with Crippen molar-refractivity contribution in [1.29, 1.82) is 0 Å². The maximum atomic E-state index is 13.7. The molecule has 2 aromatic rings. The van der Waals surface area contributed by atoms with Crippen LogP contribution in [-0.4, -0.2) is 119 Å². The van der Waals surface area contributed by atoms with E-state index >= 15 is 0 Å². The molecule has 12 nitrogen and oxygen atoms in total. The van der Waals surface area contributed by atoms with Gasteiger partial charge in [0.2, 0.25) is 23.6 Å². The quantitative estimate of drug-likeness (QED) is 0.104. The maximum Gasteiger partial charge on any atom is 0.226 e. The molecule has 0 saturated carbocycles. The molecular formula is C48H70F4N6O6. The van der Waals surface area contributed by atoms with Crippen LogP contribution in [0.5, 0.6) is 0 Å². The van der Waals surface area contributed by atoms with Crippen molar-refractivity contribution in [2.24, 2.45) is 23.7 Å². The fourth-order valence-electron chi connectivity index (χ4n) is 9.90. The van der Waals surface area contributed by atoms with Crippen LogP contribution in [0.1, 0.15) is 103 Å². The van der Waals surface area contributed by atoms with Gasteiger partial charge in [-0.15, -0.1) is 0 Å². The number of aliphatic hydroxyl groups excluding tert-OH is 2. The number of hydrogen-bond donors (Lipinski definition) is 6. The molecule has 4 aliphatic heterocycles. The molecule has 16 heteroatoms. The van der Waals surface area contributed by atoms with Crippen LogP contribution in [-0.2, 0) is 32.0 Å². The average Bonchev–Trinajstić information content (AvgIpc) is 4.09. The highest BCUT2D eigenvalue weighted by molar-refractivity contribution is 5.92. The summed E-state index contributed by atoms with van der Waals surface area (Å²) in [4.78, 5) is 55.6. The monoisotopic (exact) mass is 903 g/mol. The average molecular weight is 903 g/mol. The van der Waals surface area contributed by atoms with Gasteiger partial charge in [0.15, 0.2) is 0 Å². The Labute approximate surface area is 375 Å². The van der Waals surface area contributed by atoms with Gasteiger partial charge in [-0.2, -0.15) is 0 Å².